The molecule has 5 nitrogen and oxygen atoms in total. The standard InChI is InChI=1S/C15H22N2O3S/c1-5-15(2,3)17-21(18,19)13-8-9-14(20-4)12(11-13)7-6-10-16/h8-9,11,17H,5,10,16H2,1-4H3. The zero-order valence-corrected chi connectivity index (χ0v) is 13.7. The second-order valence-corrected chi connectivity index (χ2v) is 6.89. The molecule has 3 N–H and O–H groups in total. The first-order chi connectivity index (χ1) is 9.75. The molecule has 1 aromatic rings. The number of ether oxygens (including phenoxy) is 1. The maximum atomic E-state index is 12.4. The van der Waals surface area contributed by atoms with Crippen LogP contribution in [0.3, 0.4) is 0 Å². The van der Waals surface area contributed by atoms with Crippen molar-refractivity contribution in [1.82, 2.24) is 4.72 Å². The summed E-state index contributed by atoms with van der Waals surface area (Å²) in [6.45, 7) is 5.79. The van der Waals surface area contributed by atoms with E-state index in [1.54, 1.807) is 6.07 Å². The van der Waals surface area contributed by atoms with Gasteiger partial charge in [-0.3, -0.25) is 0 Å². The van der Waals surface area contributed by atoms with E-state index in [1.807, 2.05) is 20.8 Å². The number of benzene rings is 1. The van der Waals surface area contributed by atoms with Gasteiger partial charge in [-0.05, 0) is 38.5 Å². The molecule has 0 aromatic heterocycles. The maximum Gasteiger partial charge on any atom is 0.241 e. The smallest absolute Gasteiger partial charge is 0.241 e. The fourth-order valence-corrected chi connectivity index (χ4v) is 3.10. The van der Waals surface area contributed by atoms with Crippen LogP contribution in [0.15, 0.2) is 23.1 Å². The largest absolute Gasteiger partial charge is 0.495 e. The van der Waals surface area contributed by atoms with Crippen molar-refractivity contribution in [3.8, 4) is 17.6 Å². The van der Waals surface area contributed by atoms with Crippen LogP contribution in [0.5, 0.6) is 5.75 Å². The third-order valence-corrected chi connectivity index (χ3v) is 4.80. The number of hydrogen-bond acceptors (Lipinski definition) is 4. The summed E-state index contributed by atoms with van der Waals surface area (Å²) in [7, 11) is -2.10. The van der Waals surface area contributed by atoms with Crippen molar-refractivity contribution in [2.24, 2.45) is 5.73 Å². The molecule has 0 heterocycles. The number of methoxy groups -OCH3 is 1. The first kappa shape index (κ1) is 17.5. The van der Waals surface area contributed by atoms with E-state index in [9.17, 15) is 8.42 Å². The van der Waals surface area contributed by atoms with Gasteiger partial charge in [-0.2, -0.15) is 0 Å². The molecule has 0 radical (unpaired) electrons. The van der Waals surface area contributed by atoms with Gasteiger partial charge in [0.15, 0.2) is 0 Å². The fraction of sp³-hybridized carbons (Fsp3) is 0.467. The van der Waals surface area contributed by atoms with Crippen LogP contribution in [0.1, 0.15) is 32.8 Å². The Morgan fingerprint density at radius 3 is 2.57 bits per heavy atom. The molecule has 1 aromatic carbocycles. The van der Waals surface area contributed by atoms with Gasteiger partial charge in [0.25, 0.3) is 0 Å². The quantitative estimate of drug-likeness (QED) is 0.807. The summed E-state index contributed by atoms with van der Waals surface area (Å²) in [5.41, 5.74) is 5.34. The number of nitrogens with one attached hydrogen (secondary N) is 1. The first-order valence-electron chi connectivity index (χ1n) is 6.66. The average Bonchev–Trinajstić information content (AvgIpc) is 2.43. The maximum absolute atomic E-state index is 12.4. The summed E-state index contributed by atoms with van der Waals surface area (Å²) in [5.74, 6) is 6.04. The molecule has 1 rings (SSSR count). The van der Waals surface area contributed by atoms with Gasteiger partial charge in [0.1, 0.15) is 5.75 Å². The summed E-state index contributed by atoms with van der Waals surface area (Å²) < 4.78 is 32.7. The number of nitrogens with two attached hydrogens (primary N) is 1. The summed E-state index contributed by atoms with van der Waals surface area (Å²) in [4.78, 5) is 0.158. The number of hydrogen-bond donors (Lipinski definition) is 2. The van der Waals surface area contributed by atoms with E-state index in [0.717, 1.165) is 0 Å². The Morgan fingerprint density at radius 1 is 1.38 bits per heavy atom. The van der Waals surface area contributed by atoms with Gasteiger partial charge in [0.2, 0.25) is 10.0 Å². The van der Waals surface area contributed by atoms with Gasteiger partial charge >= 0.3 is 0 Å². The minimum atomic E-state index is -3.61. The van der Waals surface area contributed by atoms with Crippen LogP contribution in [0, 0.1) is 11.8 Å². The molecule has 21 heavy (non-hydrogen) atoms. The molecule has 0 saturated heterocycles. The van der Waals surface area contributed by atoms with E-state index in [1.165, 1.54) is 19.2 Å². The molecule has 0 spiro atoms. The van der Waals surface area contributed by atoms with Crippen LogP contribution in [-0.4, -0.2) is 27.6 Å². The monoisotopic (exact) mass is 310 g/mol. The highest BCUT2D eigenvalue weighted by atomic mass is 32.2. The minimum absolute atomic E-state index is 0.158. The second-order valence-electron chi connectivity index (χ2n) is 5.21. The summed E-state index contributed by atoms with van der Waals surface area (Å²) in [6, 6.07) is 4.59. The van der Waals surface area contributed by atoms with Crippen LogP contribution >= 0.6 is 0 Å². The Kier molecular flexibility index (Phi) is 5.78. The third-order valence-electron chi connectivity index (χ3n) is 3.10. The molecule has 0 bridgehead atoms. The molecular formula is C15H22N2O3S. The van der Waals surface area contributed by atoms with Crippen molar-refractivity contribution in [3.05, 3.63) is 23.8 Å². The van der Waals surface area contributed by atoms with E-state index < -0.39 is 15.6 Å². The number of sulfonamides is 1. The van der Waals surface area contributed by atoms with Crippen molar-refractivity contribution < 1.29 is 13.2 Å². The Labute approximate surface area is 126 Å². The van der Waals surface area contributed by atoms with E-state index in [2.05, 4.69) is 16.6 Å². The van der Waals surface area contributed by atoms with Crippen molar-refractivity contribution >= 4 is 10.0 Å². The lowest BCUT2D eigenvalue weighted by molar-refractivity contribution is 0.413. The zero-order chi connectivity index (χ0) is 16.1. The molecule has 116 valence electrons. The Bertz CT molecular complexity index is 655. The van der Waals surface area contributed by atoms with E-state index in [-0.39, 0.29) is 11.4 Å². The lowest BCUT2D eigenvalue weighted by Gasteiger charge is -2.24. The van der Waals surface area contributed by atoms with Crippen molar-refractivity contribution in [3.63, 3.8) is 0 Å². The van der Waals surface area contributed by atoms with Crippen LogP contribution in [-0.2, 0) is 10.0 Å². The van der Waals surface area contributed by atoms with Crippen LogP contribution in [0.4, 0.5) is 0 Å². The van der Waals surface area contributed by atoms with E-state index >= 15 is 0 Å². The molecule has 0 saturated carbocycles. The van der Waals surface area contributed by atoms with Gasteiger partial charge in [-0.15, -0.1) is 0 Å². The normalized spacial score (nSPS) is 11.7. The molecule has 0 atom stereocenters. The van der Waals surface area contributed by atoms with Crippen molar-refractivity contribution in [1.29, 1.82) is 0 Å². The second kappa shape index (κ2) is 6.94. The SMILES string of the molecule is CCC(C)(C)NS(=O)(=O)c1ccc(OC)c(C#CCN)c1. The highest BCUT2D eigenvalue weighted by Crippen LogP contribution is 2.23. The molecule has 0 aliphatic rings. The summed E-state index contributed by atoms with van der Waals surface area (Å²) in [5, 5.41) is 0. The van der Waals surface area contributed by atoms with Gasteiger partial charge in [0.05, 0.1) is 24.1 Å². The van der Waals surface area contributed by atoms with Crippen molar-refractivity contribution in [2.45, 2.75) is 37.6 Å². The predicted octanol–water partition coefficient (Wildman–Crippen LogP) is 1.47. The third kappa shape index (κ3) is 4.74. The van der Waals surface area contributed by atoms with Crippen LogP contribution in [0.2, 0.25) is 0 Å². The molecule has 6 heteroatoms. The lowest BCUT2D eigenvalue weighted by Crippen LogP contribution is -2.42. The van der Waals surface area contributed by atoms with Crippen LogP contribution in [0.25, 0.3) is 0 Å². The predicted molar refractivity (Wildman–Crippen MR) is 83.6 cm³/mol. The Morgan fingerprint density at radius 2 is 2.05 bits per heavy atom. The molecule has 0 amide bonds. The fourth-order valence-electron chi connectivity index (χ4n) is 1.59. The van der Waals surface area contributed by atoms with Crippen LogP contribution < -0.4 is 15.2 Å². The Balaban J connectivity index is 3.25. The molecule has 0 aliphatic carbocycles. The molecule has 0 fully saturated rings. The van der Waals surface area contributed by atoms with E-state index in [4.69, 9.17) is 10.5 Å². The lowest BCUT2D eigenvalue weighted by atomic mass is 10.0. The Hall–Kier alpha value is -1.55. The topological polar surface area (TPSA) is 81.4 Å². The first-order valence-corrected chi connectivity index (χ1v) is 8.15. The molecule has 0 unspecified atom stereocenters. The summed E-state index contributed by atoms with van der Waals surface area (Å²) >= 11 is 0. The highest BCUT2D eigenvalue weighted by molar-refractivity contribution is 7.89. The molecule has 0 aliphatic heterocycles. The van der Waals surface area contributed by atoms with Gasteiger partial charge in [-0.25, -0.2) is 13.1 Å². The minimum Gasteiger partial charge on any atom is -0.495 e. The van der Waals surface area contributed by atoms with Gasteiger partial charge < -0.3 is 10.5 Å². The average molecular weight is 310 g/mol. The highest BCUT2D eigenvalue weighted by Gasteiger charge is 2.25. The van der Waals surface area contributed by atoms with Gasteiger partial charge in [-0.1, -0.05) is 18.8 Å². The van der Waals surface area contributed by atoms with Crippen molar-refractivity contribution in [2.75, 3.05) is 13.7 Å². The molecular weight excluding hydrogens is 288 g/mol. The van der Waals surface area contributed by atoms with Gasteiger partial charge in [0, 0.05) is 5.54 Å². The van der Waals surface area contributed by atoms with E-state index in [0.29, 0.717) is 17.7 Å². The zero-order valence-electron chi connectivity index (χ0n) is 12.9. The number of rotatable bonds is 5. The summed E-state index contributed by atoms with van der Waals surface area (Å²) in [6.07, 6.45) is 0.683.